The van der Waals surface area contributed by atoms with Gasteiger partial charge in [0.05, 0.1) is 6.61 Å². The van der Waals surface area contributed by atoms with E-state index >= 15 is 0 Å². The molecule has 0 amide bonds. The monoisotopic (exact) mass is 235 g/mol. The van der Waals surface area contributed by atoms with Crippen LogP contribution in [-0.2, 0) is 0 Å². The molecule has 94 valence electrons. The minimum Gasteiger partial charge on any atom is -0.478 e. The minimum atomic E-state index is 0.185. The lowest BCUT2D eigenvalue weighted by Gasteiger charge is -2.26. The van der Waals surface area contributed by atoms with Crippen molar-refractivity contribution in [1.82, 2.24) is 9.97 Å². The molecule has 0 unspecified atom stereocenters. The number of rotatable bonds is 4. The van der Waals surface area contributed by atoms with Crippen LogP contribution in [0.2, 0.25) is 0 Å². The summed E-state index contributed by atoms with van der Waals surface area (Å²) in [5.41, 5.74) is 0.185. The highest BCUT2D eigenvalue weighted by atomic mass is 16.5. The van der Waals surface area contributed by atoms with Crippen LogP contribution >= 0.6 is 0 Å². The smallest absolute Gasteiger partial charge is 0.218 e. The average molecular weight is 235 g/mol. The molecule has 1 heterocycles. The van der Waals surface area contributed by atoms with E-state index in [0.29, 0.717) is 12.5 Å². The maximum Gasteiger partial charge on any atom is 0.218 e. The van der Waals surface area contributed by atoms with Gasteiger partial charge in [-0.25, -0.2) is 4.98 Å². The fourth-order valence-corrected chi connectivity index (χ4v) is 2.42. The van der Waals surface area contributed by atoms with Crippen molar-refractivity contribution in [3.05, 3.63) is 11.9 Å². The first-order valence-corrected chi connectivity index (χ1v) is 6.38. The van der Waals surface area contributed by atoms with Gasteiger partial charge >= 0.3 is 0 Å². The van der Waals surface area contributed by atoms with Gasteiger partial charge in [-0.3, -0.25) is 0 Å². The summed E-state index contributed by atoms with van der Waals surface area (Å²) in [7, 11) is 0. The summed E-state index contributed by atoms with van der Waals surface area (Å²) < 4.78 is 5.43. The van der Waals surface area contributed by atoms with Crippen molar-refractivity contribution in [3.8, 4) is 5.88 Å². The zero-order chi connectivity index (χ0) is 12.3. The van der Waals surface area contributed by atoms with E-state index in [1.54, 1.807) is 0 Å². The number of nitrogens with one attached hydrogen (secondary N) is 1. The fraction of sp³-hybridized carbons (Fsp3) is 0.692. The van der Waals surface area contributed by atoms with Gasteiger partial charge in [0.25, 0.3) is 0 Å². The number of nitrogens with zero attached hydrogens (tertiary/aromatic N) is 2. The van der Waals surface area contributed by atoms with Crippen LogP contribution < -0.4 is 10.1 Å². The molecule has 17 heavy (non-hydrogen) atoms. The van der Waals surface area contributed by atoms with Crippen LogP contribution in [0.25, 0.3) is 0 Å². The summed E-state index contributed by atoms with van der Waals surface area (Å²) in [4.78, 5) is 8.67. The first-order chi connectivity index (χ1) is 8.11. The molecular weight excluding hydrogens is 214 g/mol. The summed E-state index contributed by atoms with van der Waals surface area (Å²) in [5, 5.41) is 3.53. The predicted octanol–water partition coefficient (Wildman–Crippen LogP) is 2.93. The molecule has 0 spiro atoms. The third-order valence-corrected chi connectivity index (χ3v) is 3.24. The topological polar surface area (TPSA) is 47.0 Å². The van der Waals surface area contributed by atoms with Crippen molar-refractivity contribution in [2.75, 3.05) is 11.9 Å². The lowest BCUT2D eigenvalue weighted by atomic mass is 10.0. The van der Waals surface area contributed by atoms with Gasteiger partial charge in [0.15, 0.2) is 0 Å². The Morgan fingerprint density at radius 1 is 1.35 bits per heavy atom. The summed E-state index contributed by atoms with van der Waals surface area (Å²) >= 11 is 0. The Hall–Kier alpha value is -1.32. The Morgan fingerprint density at radius 3 is 2.71 bits per heavy atom. The molecule has 0 aliphatic heterocycles. The van der Waals surface area contributed by atoms with Crippen molar-refractivity contribution in [3.63, 3.8) is 0 Å². The molecule has 0 aromatic carbocycles. The standard InChI is InChI=1S/C13H21N3O/c1-4-17-12-9-11(14-10(2)15-12)16-13(3)7-5-6-8-13/h9H,4-8H2,1-3H3,(H,14,15,16). The Labute approximate surface area is 103 Å². The van der Waals surface area contributed by atoms with E-state index in [2.05, 4.69) is 22.2 Å². The molecule has 1 N–H and O–H groups in total. The van der Waals surface area contributed by atoms with Crippen molar-refractivity contribution in [2.24, 2.45) is 0 Å². The van der Waals surface area contributed by atoms with E-state index in [4.69, 9.17) is 4.74 Å². The Bertz CT molecular complexity index is 386. The van der Waals surface area contributed by atoms with Gasteiger partial charge in [-0.1, -0.05) is 12.8 Å². The van der Waals surface area contributed by atoms with Crippen LogP contribution in [0.15, 0.2) is 6.07 Å². The molecular formula is C13H21N3O. The predicted molar refractivity (Wildman–Crippen MR) is 68.4 cm³/mol. The molecule has 1 aliphatic carbocycles. The number of hydrogen-bond acceptors (Lipinski definition) is 4. The molecule has 1 aromatic heterocycles. The Morgan fingerprint density at radius 2 is 2.06 bits per heavy atom. The lowest BCUT2D eigenvalue weighted by molar-refractivity contribution is 0.325. The van der Waals surface area contributed by atoms with Crippen LogP contribution in [0, 0.1) is 6.92 Å². The molecule has 0 radical (unpaired) electrons. The van der Waals surface area contributed by atoms with Crippen molar-refractivity contribution >= 4 is 5.82 Å². The molecule has 1 saturated carbocycles. The summed E-state index contributed by atoms with van der Waals surface area (Å²) in [6, 6.07) is 1.89. The summed E-state index contributed by atoms with van der Waals surface area (Å²) in [6.45, 7) is 6.75. The van der Waals surface area contributed by atoms with Gasteiger partial charge in [0, 0.05) is 11.6 Å². The van der Waals surface area contributed by atoms with Crippen LogP contribution in [-0.4, -0.2) is 22.1 Å². The highest BCUT2D eigenvalue weighted by Crippen LogP contribution is 2.32. The molecule has 2 rings (SSSR count). The fourth-order valence-electron chi connectivity index (χ4n) is 2.42. The van der Waals surface area contributed by atoms with E-state index in [0.717, 1.165) is 11.6 Å². The Balaban J connectivity index is 2.14. The van der Waals surface area contributed by atoms with E-state index < -0.39 is 0 Å². The van der Waals surface area contributed by atoms with Gasteiger partial charge in [0.2, 0.25) is 5.88 Å². The Kier molecular flexibility index (Phi) is 3.50. The van der Waals surface area contributed by atoms with Crippen molar-refractivity contribution in [1.29, 1.82) is 0 Å². The zero-order valence-corrected chi connectivity index (χ0v) is 10.9. The van der Waals surface area contributed by atoms with E-state index in [9.17, 15) is 0 Å². The molecule has 0 bridgehead atoms. The molecule has 4 heteroatoms. The van der Waals surface area contributed by atoms with Crippen LogP contribution in [0.1, 0.15) is 45.4 Å². The van der Waals surface area contributed by atoms with Crippen molar-refractivity contribution in [2.45, 2.75) is 52.0 Å². The second-order valence-corrected chi connectivity index (χ2v) is 4.96. The normalized spacial score (nSPS) is 18.1. The van der Waals surface area contributed by atoms with Gasteiger partial charge in [-0.15, -0.1) is 0 Å². The molecule has 1 aromatic rings. The number of anilines is 1. The van der Waals surface area contributed by atoms with Gasteiger partial charge in [-0.2, -0.15) is 4.98 Å². The highest BCUT2D eigenvalue weighted by Gasteiger charge is 2.28. The van der Waals surface area contributed by atoms with Crippen LogP contribution in [0.5, 0.6) is 5.88 Å². The maximum atomic E-state index is 5.43. The van der Waals surface area contributed by atoms with Gasteiger partial charge in [0.1, 0.15) is 11.6 Å². The maximum absolute atomic E-state index is 5.43. The molecule has 0 atom stereocenters. The van der Waals surface area contributed by atoms with Gasteiger partial charge < -0.3 is 10.1 Å². The average Bonchev–Trinajstić information content (AvgIpc) is 2.64. The lowest BCUT2D eigenvalue weighted by Crippen LogP contribution is -2.31. The van der Waals surface area contributed by atoms with Crippen LogP contribution in [0.3, 0.4) is 0 Å². The third-order valence-electron chi connectivity index (χ3n) is 3.24. The first kappa shape index (κ1) is 12.1. The number of ether oxygens (including phenoxy) is 1. The quantitative estimate of drug-likeness (QED) is 0.871. The SMILES string of the molecule is CCOc1cc(NC2(C)CCCC2)nc(C)n1. The van der Waals surface area contributed by atoms with Crippen LogP contribution in [0.4, 0.5) is 5.82 Å². The van der Waals surface area contributed by atoms with E-state index in [1.165, 1.54) is 25.7 Å². The zero-order valence-electron chi connectivity index (χ0n) is 10.9. The summed E-state index contributed by atoms with van der Waals surface area (Å²) in [5.74, 6) is 2.29. The molecule has 1 aliphatic rings. The molecule has 4 nitrogen and oxygen atoms in total. The molecule has 0 saturated heterocycles. The number of aryl methyl sites for hydroxylation is 1. The second-order valence-electron chi connectivity index (χ2n) is 4.96. The second kappa shape index (κ2) is 4.90. The first-order valence-electron chi connectivity index (χ1n) is 6.38. The highest BCUT2D eigenvalue weighted by molar-refractivity contribution is 5.41. The molecule has 1 fully saturated rings. The minimum absolute atomic E-state index is 0.185. The summed E-state index contributed by atoms with van der Waals surface area (Å²) in [6.07, 6.45) is 5.01. The third kappa shape index (κ3) is 3.08. The van der Waals surface area contributed by atoms with Gasteiger partial charge in [-0.05, 0) is 33.6 Å². The van der Waals surface area contributed by atoms with Crippen molar-refractivity contribution < 1.29 is 4.74 Å². The number of hydrogen-bond donors (Lipinski definition) is 1. The number of aromatic nitrogens is 2. The van der Waals surface area contributed by atoms with E-state index in [-0.39, 0.29) is 5.54 Å². The largest absolute Gasteiger partial charge is 0.478 e. The van der Waals surface area contributed by atoms with E-state index in [1.807, 2.05) is 19.9 Å².